The average molecular weight is 435 g/mol. The van der Waals surface area contributed by atoms with E-state index in [-0.39, 0.29) is 37.1 Å². The van der Waals surface area contributed by atoms with Crippen LogP contribution >= 0.6 is 0 Å². The lowest BCUT2D eigenvalue weighted by Crippen LogP contribution is -2.44. The Kier molecular flexibility index (Phi) is 6.57. The molecule has 1 aliphatic carbocycles. The molecule has 3 rings (SSSR count). The first-order chi connectivity index (χ1) is 14.2. The van der Waals surface area contributed by atoms with Crippen LogP contribution in [0, 0.1) is 0 Å². The zero-order valence-corrected chi connectivity index (χ0v) is 17.5. The molecule has 9 nitrogen and oxygen atoms in total. The molecule has 30 heavy (non-hydrogen) atoms. The summed E-state index contributed by atoms with van der Waals surface area (Å²) in [4.78, 5) is 38.1. The number of rotatable bonds is 9. The van der Waals surface area contributed by atoms with E-state index in [0.29, 0.717) is 24.1 Å². The van der Waals surface area contributed by atoms with Crippen LogP contribution < -0.4 is 15.4 Å². The Morgan fingerprint density at radius 1 is 1.20 bits per heavy atom. The van der Waals surface area contributed by atoms with Gasteiger partial charge in [-0.15, -0.1) is 6.58 Å². The fourth-order valence-corrected chi connectivity index (χ4v) is 4.88. The minimum atomic E-state index is -3.45. The summed E-state index contributed by atoms with van der Waals surface area (Å²) in [5.74, 6) is -0.757. The molecule has 0 aromatic heterocycles. The van der Waals surface area contributed by atoms with Crippen LogP contribution in [0.3, 0.4) is 0 Å². The van der Waals surface area contributed by atoms with Crippen molar-refractivity contribution >= 4 is 33.6 Å². The molecule has 162 valence electrons. The Morgan fingerprint density at radius 2 is 1.87 bits per heavy atom. The molecule has 1 aromatic rings. The van der Waals surface area contributed by atoms with Crippen LogP contribution in [0.25, 0.3) is 0 Å². The largest absolute Gasteiger partial charge is 0.326 e. The summed E-state index contributed by atoms with van der Waals surface area (Å²) < 4.78 is 26.2. The standard InChI is InChI=1S/C20H26N4O5S/c1-2-12-21-30(28,29)14-15-5-7-16(8-6-15)22-17(25)9-13-24-18(26)20(23-19(24)27)10-3-4-11-20/h2,5-8,21H,1,3-4,9-14H2,(H,22,25)(H,23,27). The number of nitrogens with one attached hydrogen (secondary N) is 3. The van der Waals surface area contributed by atoms with Gasteiger partial charge in [0, 0.05) is 25.2 Å². The van der Waals surface area contributed by atoms with E-state index in [1.807, 2.05) is 0 Å². The second kappa shape index (κ2) is 8.97. The summed E-state index contributed by atoms with van der Waals surface area (Å²) in [6.45, 7) is 3.65. The molecule has 2 aliphatic rings. The van der Waals surface area contributed by atoms with Crippen LogP contribution in [0.5, 0.6) is 0 Å². The molecule has 0 radical (unpaired) electrons. The SMILES string of the molecule is C=CCNS(=O)(=O)Cc1ccc(NC(=O)CCN2C(=O)NC3(CCCC3)C2=O)cc1. The maximum atomic E-state index is 12.6. The molecule has 1 aliphatic heterocycles. The maximum Gasteiger partial charge on any atom is 0.325 e. The monoisotopic (exact) mass is 434 g/mol. The van der Waals surface area contributed by atoms with E-state index in [2.05, 4.69) is 21.9 Å². The number of hydrogen-bond acceptors (Lipinski definition) is 5. The molecule has 1 spiro atoms. The number of sulfonamides is 1. The number of amides is 4. The van der Waals surface area contributed by atoms with E-state index in [1.54, 1.807) is 24.3 Å². The van der Waals surface area contributed by atoms with Crippen molar-refractivity contribution in [2.24, 2.45) is 0 Å². The zero-order valence-electron chi connectivity index (χ0n) is 16.6. The Balaban J connectivity index is 1.50. The fourth-order valence-electron chi connectivity index (χ4n) is 3.77. The molecule has 1 heterocycles. The van der Waals surface area contributed by atoms with Gasteiger partial charge in [0.1, 0.15) is 5.54 Å². The van der Waals surface area contributed by atoms with Crippen molar-refractivity contribution in [1.82, 2.24) is 14.9 Å². The van der Waals surface area contributed by atoms with Gasteiger partial charge in [-0.05, 0) is 30.5 Å². The van der Waals surface area contributed by atoms with Gasteiger partial charge in [0.2, 0.25) is 15.9 Å². The molecule has 3 N–H and O–H groups in total. The summed E-state index contributed by atoms with van der Waals surface area (Å²) in [5.41, 5.74) is 0.306. The van der Waals surface area contributed by atoms with Gasteiger partial charge in [-0.1, -0.05) is 31.1 Å². The van der Waals surface area contributed by atoms with Crippen LogP contribution in [-0.2, 0) is 25.4 Å². The minimum absolute atomic E-state index is 0.0170. The summed E-state index contributed by atoms with van der Waals surface area (Å²) in [6, 6.07) is 6.01. The Morgan fingerprint density at radius 3 is 2.50 bits per heavy atom. The van der Waals surface area contributed by atoms with E-state index in [1.165, 1.54) is 6.08 Å². The van der Waals surface area contributed by atoms with Crippen molar-refractivity contribution < 1.29 is 22.8 Å². The Bertz CT molecular complexity index is 936. The van der Waals surface area contributed by atoms with Crippen molar-refractivity contribution in [3.63, 3.8) is 0 Å². The van der Waals surface area contributed by atoms with Gasteiger partial charge in [-0.3, -0.25) is 14.5 Å². The first kappa shape index (κ1) is 22.0. The molecule has 1 saturated carbocycles. The number of hydrogen-bond donors (Lipinski definition) is 3. The molecule has 1 aromatic carbocycles. The Labute approximate surface area is 175 Å². The van der Waals surface area contributed by atoms with E-state index in [9.17, 15) is 22.8 Å². The highest BCUT2D eigenvalue weighted by Gasteiger charge is 2.52. The van der Waals surface area contributed by atoms with E-state index < -0.39 is 21.6 Å². The molecule has 2 fully saturated rings. The van der Waals surface area contributed by atoms with Gasteiger partial charge >= 0.3 is 6.03 Å². The van der Waals surface area contributed by atoms with Gasteiger partial charge < -0.3 is 10.6 Å². The van der Waals surface area contributed by atoms with Crippen molar-refractivity contribution in [2.75, 3.05) is 18.4 Å². The summed E-state index contributed by atoms with van der Waals surface area (Å²) >= 11 is 0. The molecular weight excluding hydrogens is 408 g/mol. The topological polar surface area (TPSA) is 125 Å². The van der Waals surface area contributed by atoms with Gasteiger partial charge in [0.15, 0.2) is 0 Å². The van der Waals surface area contributed by atoms with Gasteiger partial charge in [0.05, 0.1) is 5.75 Å². The number of nitrogens with zero attached hydrogens (tertiary/aromatic N) is 1. The number of benzene rings is 1. The van der Waals surface area contributed by atoms with Crippen molar-refractivity contribution in [2.45, 2.75) is 43.4 Å². The molecule has 1 saturated heterocycles. The van der Waals surface area contributed by atoms with Crippen LogP contribution in [0.2, 0.25) is 0 Å². The highest BCUT2D eigenvalue weighted by Crippen LogP contribution is 2.35. The van der Waals surface area contributed by atoms with Crippen LogP contribution in [0.4, 0.5) is 10.5 Å². The van der Waals surface area contributed by atoms with Crippen molar-refractivity contribution in [1.29, 1.82) is 0 Å². The number of anilines is 1. The lowest BCUT2D eigenvalue weighted by Gasteiger charge is -2.19. The average Bonchev–Trinajstić information content (AvgIpc) is 3.25. The fraction of sp³-hybridized carbons (Fsp3) is 0.450. The molecule has 0 atom stereocenters. The zero-order chi connectivity index (χ0) is 21.8. The lowest BCUT2D eigenvalue weighted by molar-refractivity contribution is -0.131. The van der Waals surface area contributed by atoms with E-state index in [0.717, 1.165) is 17.7 Å². The van der Waals surface area contributed by atoms with Crippen LogP contribution in [0.1, 0.15) is 37.7 Å². The summed E-state index contributed by atoms with van der Waals surface area (Å²) in [5, 5.41) is 5.48. The number of carbonyl (C=O) groups is 3. The number of imide groups is 1. The molecule has 10 heteroatoms. The smallest absolute Gasteiger partial charge is 0.325 e. The quantitative estimate of drug-likeness (QED) is 0.401. The number of urea groups is 1. The molecular formula is C20H26N4O5S. The Hall–Kier alpha value is -2.72. The molecule has 0 unspecified atom stereocenters. The highest BCUT2D eigenvalue weighted by molar-refractivity contribution is 7.88. The third kappa shape index (κ3) is 5.06. The van der Waals surface area contributed by atoms with Gasteiger partial charge in [-0.2, -0.15) is 0 Å². The normalized spacial score (nSPS) is 17.9. The van der Waals surface area contributed by atoms with Crippen LogP contribution in [0.15, 0.2) is 36.9 Å². The highest BCUT2D eigenvalue weighted by atomic mass is 32.2. The third-order valence-corrected chi connectivity index (χ3v) is 6.63. The van der Waals surface area contributed by atoms with Gasteiger partial charge in [0.25, 0.3) is 5.91 Å². The second-order valence-corrected chi connectivity index (χ2v) is 9.37. The molecule has 0 bridgehead atoms. The van der Waals surface area contributed by atoms with Crippen LogP contribution in [-0.4, -0.2) is 49.8 Å². The predicted molar refractivity (Wildman–Crippen MR) is 112 cm³/mol. The predicted octanol–water partition coefficient (Wildman–Crippen LogP) is 1.49. The number of carbonyl (C=O) groups excluding carboxylic acids is 3. The lowest BCUT2D eigenvalue weighted by atomic mass is 9.98. The van der Waals surface area contributed by atoms with E-state index in [4.69, 9.17) is 0 Å². The first-order valence-corrected chi connectivity index (χ1v) is 11.5. The second-order valence-electron chi connectivity index (χ2n) is 7.57. The van der Waals surface area contributed by atoms with Gasteiger partial charge in [-0.25, -0.2) is 17.9 Å². The minimum Gasteiger partial charge on any atom is -0.326 e. The molecule has 4 amide bonds. The first-order valence-electron chi connectivity index (χ1n) is 9.86. The van der Waals surface area contributed by atoms with E-state index >= 15 is 0 Å². The third-order valence-electron chi connectivity index (χ3n) is 5.31. The summed E-state index contributed by atoms with van der Waals surface area (Å²) in [6.07, 6.45) is 4.54. The van der Waals surface area contributed by atoms with Crippen molar-refractivity contribution in [3.8, 4) is 0 Å². The maximum absolute atomic E-state index is 12.6. The van der Waals surface area contributed by atoms with Crippen molar-refractivity contribution in [3.05, 3.63) is 42.5 Å². The summed E-state index contributed by atoms with van der Waals surface area (Å²) in [7, 11) is -3.45.